The number of nitrogens with one attached hydrogen (secondary N) is 1. The van der Waals surface area contributed by atoms with E-state index in [1.807, 2.05) is 12.1 Å². The second-order valence-electron chi connectivity index (χ2n) is 6.53. The number of rotatable bonds is 2. The molecule has 1 aromatic carbocycles. The van der Waals surface area contributed by atoms with E-state index < -0.39 is 9.84 Å². The number of thiophene rings is 1. The van der Waals surface area contributed by atoms with Crippen molar-refractivity contribution in [2.45, 2.75) is 48.8 Å². The Kier molecular flexibility index (Phi) is 3.96. The van der Waals surface area contributed by atoms with Crippen LogP contribution in [0.15, 0.2) is 35.2 Å². The largest absolute Gasteiger partial charge is 0.349 e. The summed E-state index contributed by atoms with van der Waals surface area (Å²) in [6.45, 7) is 0. The summed E-state index contributed by atoms with van der Waals surface area (Å²) in [7, 11) is -3.32. The molecule has 1 aromatic heterocycles. The van der Waals surface area contributed by atoms with E-state index in [1.165, 1.54) is 17.8 Å². The molecule has 0 unspecified atom stereocenters. The Balaban J connectivity index is 1.66. The molecule has 1 amide bonds. The van der Waals surface area contributed by atoms with Gasteiger partial charge < -0.3 is 5.32 Å². The number of hydrogen-bond acceptors (Lipinski definition) is 4. The van der Waals surface area contributed by atoms with E-state index in [4.69, 9.17) is 0 Å². The zero-order chi connectivity index (χ0) is 16.7. The highest BCUT2D eigenvalue weighted by Gasteiger charge is 2.30. The third kappa shape index (κ3) is 2.78. The van der Waals surface area contributed by atoms with Crippen molar-refractivity contribution in [3.8, 4) is 10.4 Å². The smallest absolute Gasteiger partial charge is 0.261 e. The summed E-state index contributed by atoms with van der Waals surface area (Å²) < 4.78 is 24.9. The maximum absolute atomic E-state index is 12.6. The lowest BCUT2D eigenvalue weighted by molar-refractivity contribution is 0.0932. The van der Waals surface area contributed by atoms with Crippen molar-refractivity contribution in [2.75, 3.05) is 0 Å². The standard InChI is InChI=1S/C18H19NO3S2/c20-18(19-13-6-2-1-3-7-13)15-10-12-11-24(21,22)16-9-5-4-8-14(16)17(12)23-15/h4-5,8-10,13H,1-3,6-7,11H2,(H,19,20). The predicted molar refractivity (Wildman–Crippen MR) is 95.0 cm³/mol. The summed E-state index contributed by atoms with van der Waals surface area (Å²) in [5.41, 5.74) is 1.47. The molecule has 1 saturated carbocycles. The second kappa shape index (κ2) is 6.01. The highest BCUT2D eigenvalue weighted by atomic mass is 32.2. The molecule has 2 aliphatic rings. The van der Waals surface area contributed by atoms with Crippen molar-refractivity contribution in [2.24, 2.45) is 0 Å². The van der Waals surface area contributed by atoms with E-state index in [0.717, 1.165) is 41.7 Å². The molecule has 4 nitrogen and oxygen atoms in total. The summed E-state index contributed by atoms with van der Waals surface area (Å²) in [6.07, 6.45) is 5.64. The van der Waals surface area contributed by atoms with Gasteiger partial charge in [-0.1, -0.05) is 37.5 Å². The van der Waals surface area contributed by atoms with Crippen LogP contribution in [0.2, 0.25) is 0 Å². The fourth-order valence-electron chi connectivity index (χ4n) is 3.59. The molecule has 0 saturated heterocycles. The van der Waals surface area contributed by atoms with Crippen molar-refractivity contribution in [3.63, 3.8) is 0 Å². The molecule has 0 bridgehead atoms. The Hall–Kier alpha value is -1.66. The molecule has 0 spiro atoms. The molecule has 1 aliphatic heterocycles. The molecular weight excluding hydrogens is 342 g/mol. The molecule has 1 aliphatic carbocycles. The molecular formula is C18H19NO3S2. The number of amides is 1. The topological polar surface area (TPSA) is 63.2 Å². The lowest BCUT2D eigenvalue weighted by atomic mass is 9.95. The van der Waals surface area contributed by atoms with Crippen LogP contribution in [0.1, 0.15) is 47.3 Å². The Morgan fingerprint density at radius 1 is 1.12 bits per heavy atom. The molecule has 6 heteroatoms. The van der Waals surface area contributed by atoms with Gasteiger partial charge in [-0.2, -0.15) is 0 Å². The van der Waals surface area contributed by atoms with Gasteiger partial charge >= 0.3 is 0 Å². The highest BCUT2D eigenvalue weighted by Crippen LogP contribution is 2.42. The van der Waals surface area contributed by atoms with Crippen molar-refractivity contribution >= 4 is 27.1 Å². The van der Waals surface area contributed by atoms with Crippen LogP contribution < -0.4 is 5.32 Å². The summed E-state index contributed by atoms with van der Waals surface area (Å²) in [6, 6.07) is 9.06. The number of hydrogen-bond donors (Lipinski definition) is 1. The van der Waals surface area contributed by atoms with Gasteiger partial charge in [0.25, 0.3) is 5.91 Å². The van der Waals surface area contributed by atoms with Crippen LogP contribution in [0.4, 0.5) is 0 Å². The van der Waals surface area contributed by atoms with Gasteiger partial charge in [0.2, 0.25) is 0 Å². The second-order valence-corrected chi connectivity index (χ2v) is 9.54. The first-order valence-electron chi connectivity index (χ1n) is 8.30. The summed E-state index contributed by atoms with van der Waals surface area (Å²) >= 11 is 1.40. The number of sulfone groups is 1. The highest BCUT2D eigenvalue weighted by molar-refractivity contribution is 7.91. The number of fused-ring (bicyclic) bond motifs is 3. The van der Waals surface area contributed by atoms with E-state index in [1.54, 1.807) is 18.2 Å². The zero-order valence-corrected chi connectivity index (χ0v) is 14.9. The van der Waals surface area contributed by atoms with Gasteiger partial charge in [0.1, 0.15) is 0 Å². The third-order valence-corrected chi connectivity index (χ3v) is 7.71. The van der Waals surface area contributed by atoms with Gasteiger partial charge in [0.15, 0.2) is 9.84 Å². The van der Waals surface area contributed by atoms with Crippen molar-refractivity contribution in [1.82, 2.24) is 5.32 Å². The molecule has 126 valence electrons. The molecule has 1 fully saturated rings. The van der Waals surface area contributed by atoms with E-state index in [-0.39, 0.29) is 17.7 Å². The first-order chi connectivity index (χ1) is 11.5. The van der Waals surface area contributed by atoms with Gasteiger partial charge in [-0.3, -0.25) is 4.79 Å². The maximum atomic E-state index is 12.6. The van der Waals surface area contributed by atoms with Crippen molar-refractivity contribution in [3.05, 3.63) is 40.8 Å². The van der Waals surface area contributed by atoms with Gasteiger partial charge in [-0.25, -0.2) is 8.42 Å². The molecule has 2 aromatic rings. The minimum atomic E-state index is -3.32. The molecule has 1 N–H and O–H groups in total. The van der Waals surface area contributed by atoms with Crippen LogP contribution in [-0.4, -0.2) is 20.4 Å². The van der Waals surface area contributed by atoms with Crippen molar-refractivity contribution in [1.29, 1.82) is 0 Å². The average Bonchev–Trinajstić information content (AvgIpc) is 2.99. The Morgan fingerprint density at radius 2 is 1.88 bits per heavy atom. The SMILES string of the molecule is O=C(NC1CCCCC1)c1cc2c(s1)-c1ccccc1S(=O)(=O)C2. The van der Waals surface area contributed by atoms with Gasteiger partial charge in [0.05, 0.1) is 15.5 Å². The van der Waals surface area contributed by atoms with E-state index in [2.05, 4.69) is 5.32 Å². The lowest BCUT2D eigenvalue weighted by Crippen LogP contribution is -2.35. The monoisotopic (exact) mass is 361 g/mol. The number of benzene rings is 1. The van der Waals surface area contributed by atoms with Gasteiger partial charge in [-0.15, -0.1) is 11.3 Å². The maximum Gasteiger partial charge on any atom is 0.261 e. The van der Waals surface area contributed by atoms with Crippen LogP contribution in [0.3, 0.4) is 0 Å². The number of carbonyl (C=O) groups excluding carboxylic acids is 1. The quantitative estimate of drug-likeness (QED) is 0.886. The van der Waals surface area contributed by atoms with Crippen LogP contribution in [0, 0.1) is 0 Å². The first-order valence-corrected chi connectivity index (χ1v) is 10.8. The average molecular weight is 361 g/mol. The lowest BCUT2D eigenvalue weighted by Gasteiger charge is -2.22. The van der Waals surface area contributed by atoms with E-state index in [0.29, 0.717) is 9.77 Å². The van der Waals surface area contributed by atoms with E-state index in [9.17, 15) is 13.2 Å². The summed E-state index contributed by atoms with van der Waals surface area (Å²) in [4.78, 5) is 14.4. The summed E-state index contributed by atoms with van der Waals surface area (Å²) in [5, 5.41) is 3.11. The molecule has 2 heterocycles. The Labute approximate surface area is 145 Å². The van der Waals surface area contributed by atoms with Crippen molar-refractivity contribution < 1.29 is 13.2 Å². The van der Waals surface area contributed by atoms with Crippen LogP contribution in [0.5, 0.6) is 0 Å². The first kappa shape index (κ1) is 15.8. The number of carbonyl (C=O) groups is 1. The minimum Gasteiger partial charge on any atom is -0.349 e. The normalized spacial score (nSPS) is 19.3. The predicted octanol–water partition coefficient (Wildman–Crippen LogP) is 3.76. The van der Waals surface area contributed by atoms with Crippen LogP contribution in [-0.2, 0) is 15.6 Å². The Morgan fingerprint density at radius 3 is 2.67 bits per heavy atom. The molecule has 4 rings (SSSR count). The van der Waals surface area contributed by atoms with Gasteiger partial charge in [0, 0.05) is 16.5 Å². The van der Waals surface area contributed by atoms with Crippen LogP contribution >= 0.6 is 11.3 Å². The zero-order valence-electron chi connectivity index (χ0n) is 13.2. The summed E-state index contributed by atoms with van der Waals surface area (Å²) in [5.74, 6) is -0.0943. The fraction of sp³-hybridized carbons (Fsp3) is 0.389. The van der Waals surface area contributed by atoms with Crippen LogP contribution in [0.25, 0.3) is 10.4 Å². The molecule has 24 heavy (non-hydrogen) atoms. The molecule has 0 atom stereocenters. The minimum absolute atomic E-state index is 0.0213. The fourth-order valence-corrected chi connectivity index (χ4v) is 6.45. The van der Waals surface area contributed by atoms with E-state index >= 15 is 0 Å². The van der Waals surface area contributed by atoms with Gasteiger partial charge in [-0.05, 0) is 30.5 Å². The molecule has 0 radical (unpaired) electrons. The third-order valence-electron chi connectivity index (χ3n) is 4.79. The Bertz CT molecular complexity index is 893.